The van der Waals surface area contributed by atoms with Crippen molar-refractivity contribution < 1.29 is 9.90 Å². The minimum atomic E-state index is -0.993. The molecule has 22 heavy (non-hydrogen) atoms. The van der Waals surface area contributed by atoms with Gasteiger partial charge in [0.1, 0.15) is 5.60 Å². The molecule has 5 nitrogen and oxygen atoms in total. The Kier molecular flexibility index (Phi) is 4.14. The minimum Gasteiger partial charge on any atom is -0.385 e. The zero-order valence-corrected chi connectivity index (χ0v) is 12.6. The summed E-state index contributed by atoms with van der Waals surface area (Å²) in [7, 11) is 0. The van der Waals surface area contributed by atoms with Crippen molar-refractivity contribution in [3.63, 3.8) is 0 Å². The Morgan fingerprint density at radius 2 is 2.09 bits per heavy atom. The van der Waals surface area contributed by atoms with Gasteiger partial charge in [-0.25, -0.2) is 0 Å². The molecule has 0 aliphatic carbocycles. The van der Waals surface area contributed by atoms with E-state index in [0.29, 0.717) is 0 Å². The number of amides is 1. The molecule has 0 radical (unpaired) electrons. The van der Waals surface area contributed by atoms with E-state index in [9.17, 15) is 9.90 Å². The molecule has 0 aromatic heterocycles. The Hall–Kier alpha value is -1.90. The molecular formula is C17H21N3O2. The molecule has 0 bridgehead atoms. The van der Waals surface area contributed by atoms with Gasteiger partial charge < -0.3 is 10.0 Å². The van der Waals surface area contributed by atoms with Crippen LogP contribution in [-0.2, 0) is 11.3 Å². The second-order valence-corrected chi connectivity index (χ2v) is 6.37. The van der Waals surface area contributed by atoms with Crippen LogP contribution in [0, 0.1) is 11.3 Å². The molecule has 1 amide bonds. The van der Waals surface area contributed by atoms with Crippen molar-refractivity contribution >= 4 is 5.91 Å². The molecule has 2 saturated heterocycles. The van der Waals surface area contributed by atoms with Crippen LogP contribution in [0.5, 0.6) is 0 Å². The summed E-state index contributed by atoms with van der Waals surface area (Å²) in [6, 6.07) is 12.1. The summed E-state index contributed by atoms with van der Waals surface area (Å²) in [6.45, 7) is 2.29. The number of β-amino-alcohol motifs (C(OH)–C–C–N with tert-alkyl or cyclic N) is 1. The van der Waals surface area contributed by atoms with Gasteiger partial charge in [-0.05, 0) is 24.9 Å². The SMILES string of the molecule is N#CCC1(O)CN(C(=O)C2CCCN2Cc2ccccc2)C1. The van der Waals surface area contributed by atoms with E-state index in [0.717, 1.165) is 25.9 Å². The summed E-state index contributed by atoms with van der Waals surface area (Å²) < 4.78 is 0. The van der Waals surface area contributed by atoms with Crippen LogP contribution in [0.15, 0.2) is 30.3 Å². The van der Waals surface area contributed by atoms with Gasteiger partial charge in [-0.2, -0.15) is 5.26 Å². The number of nitrogens with zero attached hydrogens (tertiary/aromatic N) is 3. The van der Waals surface area contributed by atoms with Crippen LogP contribution in [0.4, 0.5) is 0 Å². The van der Waals surface area contributed by atoms with Crippen LogP contribution in [0.2, 0.25) is 0 Å². The summed E-state index contributed by atoms with van der Waals surface area (Å²) in [5.41, 5.74) is 0.222. The maximum Gasteiger partial charge on any atom is 0.240 e. The van der Waals surface area contributed by atoms with Crippen molar-refractivity contribution in [3.8, 4) is 6.07 Å². The number of hydrogen-bond acceptors (Lipinski definition) is 4. The number of nitriles is 1. The fourth-order valence-corrected chi connectivity index (χ4v) is 3.40. The molecule has 116 valence electrons. The van der Waals surface area contributed by atoms with Gasteiger partial charge in [-0.3, -0.25) is 9.69 Å². The van der Waals surface area contributed by atoms with Crippen LogP contribution in [0.25, 0.3) is 0 Å². The smallest absolute Gasteiger partial charge is 0.240 e. The first-order valence-corrected chi connectivity index (χ1v) is 7.77. The van der Waals surface area contributed by atoms with Gasteiger partial charge in [0.2, 0.25) is 5.91 Å². The van der Waals surface area contributed by atoms with Gasteiger partial charge >= 0.3 is 0 Å². The molecule has 2 aliphatic rings. The fourth-order valence-electron chi connectivity index (χ4n) is 3.40. The summed E-state index contributed by atoms with van der Waals surface area (Å²) in [5.74, 6) is 0.0936. The van der Waals surface area contributed by atoms with Crippen LogP contribution in [-0.4, -0.2) is 52.1 Å². The first-order valence-electron chi connectivity index (χ1n) is 7.77. The molecule has 1 unspecified atom stereocenters. The Bertz CT molecular complexity index is 575. The molecule has 0 saturated carbocycles. The lowest BCUT2D eigenvalue weighted by Crippen LogP contribution is -2.65. The maximum absolute atomic E-state index is 12.6. The quantitative estimate of drug-likeness (QED) is 0.905. The standard InChI is InChI=1S/C17H21N3O2/c18-9-8-17(22)12-20(13-17)16(21)15-7-4-10-19(15)11-14-5-2-1-3-6-14/h1-3,5-6,15,22H,4,7-8,10-13H2. The van der Waals surface area contributed by atoms with Gasteiger partial charge in [0.05, 0.1) is 31.6 Å². The molecule has 1 aromatic carbocycles. The average Bonchev–Trinajstić information content (AvgIpc) is 2.93. The average molecular weight is 299 g/mol. The number of benzene rings is 1. The molecule has 2 heterocycles. The third-order valence-electron chi connectivity index (χ3n) is 4.57. The number of hydrogen-bond donors (Lipinski definition) is 1. The summed E-state index contributed by atoms with van der Waals surface area (Å²) in [5, 5.41) is 18.7. The third-order valence-corrected chi connectivity index (χ3v) is 4.57. The van der Waals surface area contributed by atoms with E-state index in [2.05, 4.69) is 17.0 Å². The molecule has 0 spiro atoms. The zero-order valence-electron chi connectivity index (χ0n) is 12.6. The Balaban J connectivity index is 1.59. The second kappa shape index (κ2) is 6.07. The molecule has 3 rings (SSSR count). The highest BCUT2D eigenvalue weighted by Crippen LogP contribution is 2.28. The van der Waals surface area contributed by atoms with E-state index >= 15 is 0 Å². The summed E-state index contributed by atoms with van der Waals surface area (Å²) in [6.07, 6.45) is 1.99. The Morgan fingerprint density at radius 3 is 2.77 bits per heavy atom. The maximum atomic E-state index is 12.6. The highest BCUT2D eigenvalue weighted by Gasteiger charge is 2.46. The number of carbonyl (C=O) groups is 1. The molecule has 5 heteroatoms. The first kappa shape index (κ1) is 15.0. The lowest BCUT2D eigenvalue weighted by molar-refractivity contribution is -0.159. The highest BCUT2D eigenvalue weighted by atomic mass is 16.3. The fraction of sp³-hybridized carbons (Fsp3) is 0.529. The Morgan fingerprint density at radius 1 is 1.36 bits per heavy atom. The molecule has 1 atom stereocenters. The molecule has 1 aromatic rings. The van der Waals surface area contributed by atoms with Crippen molar-refractivity contribution in [3.05, 3.63) is 35.9 Å². The molecular weight excluding hydrogens is 278 g/mol. The highest BCUT2D eigenvalue weighted by molar-refractivity contribution is 5.83. The van der Waals surface area contributed by atoms with E-state index in [1.165, 1.54) is 5.56 Å². The number of likely N-dealkylation sites (tertiary alicyclic amines) is 2. The predicted molar refractivity (Wildman–Crippen MR) is 81.6 cm³/mol. The lowest BCUT2D eigenvalue weighted by Gasteiger charge is -2.46. The number of aliphatic hydroxyl groups is 1. The van der Waals surface area contributed by atoms with Gasteiger partial charge in [0.15, 0.2) is 0 Å². The van der Waals surface area contributed by atoms with Crippen LogP contribution >= 0.6 is 0 Å². The van der Waals surface area contributed by atoms with Crippen molar-refractivity contribution in [2.75, 3.05) is 19.6 Å². The van der Waals surface area contributed by atoms with Crippen molar-refractivity contribution in [1.29, 1.82) is 5.26 Å². The molecule has 2 fully saturated rings. The second-order valence-electron chi connectivity index (χ2n) is 6.37. The first-order chi connectivity index (χ1) is 10.6. The van der Waals surface area contributed by atoms with E-state index in [1.807, 2.05) is 24.3 Å². The molecule has 1 N–H and O–H groups in total. The zero-order chi connectivity index (χ0) is 15.6. The van der Waals surface area contributed by atoms with E-state index in [4.69, 9.17) is 5.26 Å². The minimum absolute atomic E-state index is 0.0909. The normalized spacial score (nSPS) is 23.8. The number of carbonyl (C=O) groups excluding carboxylic acids is 1. The van der Waals surface area contributed by atoms with E-state index < -0.39 is 5.60 Å². The van der Waals surface area contributed by atoms with Gasteiger partial charge in [0.25, 0.3) is 0 Å². The third kappa shape index (κ3) is 2.99. The van der Waals surface area contributed by atoms with E-state index in [-0.39, 0.29) is 31.5 Å². The lowest BCUT2D eigenvalue weighted by atomic mass is 9.90. The number of rotatable bonds is 4. The largest absolute Gasteiger partial charge is 0.385 e. The van der Waals surface area contributed by atoms with Crippen molar-refractivity contribution in [2.45, 2.75) is 37.5 Å². The van der Waals surface area contributed by atoms with Gasteiger partial charge in [-0.1, -0.05) is 30.3 Å². The van der Waals surface area contributed by atoms with Crippen LogP contribution < -0.4 is 0 Å². The van der Waals surface area contributed by atoms with E-state index in [1.54, 1.807) is 4.90 Å². The topological polar surface area (TPSA) is 67.6 Å². The van der Waals surface area contributed by atoms with Gasteiger partial charge in [0, 0.05) is 6.54 Å². The predicted octanol–water partition coefficient (Wildman–Crippen LogP) is 1.14. The summed E-state index contributed by atoms with van der Waals surface area (Å²) in [4.78, 5) is 16.5. The summed E-state index contributed by atoms with van der Waals surface area (Å²) >= 11 is 0. The Labute approximate surface area is 130 Å². The van der Waals surface area contributed by atoms with Crippen LogP contribution in [0.3, 0.4) is 0 Å². The molecule has 2 aliphatic heterocycles. The van der Waals surface area contributed by atoms with Crippen molar-refractivity contribution in [2.24, 2.45) is 0 Å². The monoisotopic (exact) mass is 299 g/mol. The van der Waals surface area contributed by atoms with Crippen LogP contribution in [0.1, 0.15) is 24.8 Å². The van der Waals surface area contributed by atoms with Crippen molar-refractivity contribution in [1.82, 2.24) is 9.80 Å². The van der Waals surface area contributed by atoms with Gasteiger partial charge in [-0.15, -0.1) is 0 Å².